The predicted molar refractivity (Wildman–Crippen MR) is 89.8 cm³/mol. The molecule has 1 amide bonds. The van der Waals surface area contributed by atoms with Crippen LogP contribution in [0.2, 0.25) is 0 Å². The van der Waals surface area contributed by atoms with Crippen molar-refractivity contribution in [1.82, 2.24) is 15.2 Å². The van der Waals surface area contributed by atoms with Gasteiger partial charge in [0.15, 0.2) is 0 Å². The SMILES string of the molecule is COc1ccc2[nH]cc(CC(=O)N3CCN[C@H](C)C3)c2c1.Cl. The second-order valence-corrected chi connectivity index (χ2v) is 5.60. The molecule has 0 aliphatic carbocycles. The maximum atomic E-state index is 12.5. The Labute approximate surface area is 136 Å². The number of rotatable bonds is 3. The van der Waals surface area contributed by atoms with Gasteiger partial charge in [-0.05, 0) is 30.7 Å². The average Bonchev–Trinajstić information content (AvgIpc) is 2.89. The van der Waals surface area contributed by atoms with Gasteiger partial charge in [0, 0.05) is 42.8 Å². The van der Waals surface area contributed by atoms with E-state index < -0.39 is 0 Å². The molecule has 0 unspecified atom stereocenters. The molecule has 1 fully saturated rings. The van der Waals surface area contributed by atoms with Crippen molar-refractivity contribution in [3.63, 3.8) is 0 Å². The van der Waals surface area contributed by atoms with E-state index in [1.165, 1.54) is 0 Å². The summed E-state index contributed by atoms with van der Waals surface area (Å²) >= 11 is 0. The first kappa shape index (κ1) is 16.6. The summed E-state index contributed by atoms with van der Waals surface area (Å²) in [6.45, 7) is 4.55. The lowest BCUT2D eigenvalue weighted by molar-refractivity contribution is -0.131. The van der Waals surface area contributed by atoms with Gasteiger partial charge >= 0.3 is 0 Å². The number of fused-ring (bicyclic) bond motifs is 1. The molecule has 0 saturated carbocycles. The number of amides is 1. The average molecular weight is 324 g/mol. The zero-order valence-electron chi connectivity index (χ0n) is 12.9. The number of hydrogen-bond donors (Lipinski definition) is 2. The molecule has 2 heterocycles. The van der Waals surface area contributed by atoms with Gasteiger partial charge in [0.25, 0.3) is 0 Å². The highest BCUT2D eigenvalue weighted by molar-refractivity contribution is 5.89. The summed E-state index contributed by atoms with van der Waals surface area (Å²) < 4.78 is 5.26. The first-order chi connectivity index (χ1) is 10.2. The van der Waals surface area contributed by atoms with Crippen LogP contribution >= 0.6 is 12.4 Å². The van der Waals surface area contributed by atoms with Gasteiger partial charge in [-0.1, -0.05) is 0 Å². The van der Waals surface area contributed by atoms with Crippen molar-refractivity contribution in [1.29, 1.82) is 0 Å². The quantitative estimate of drug-likeness (QED) is 0.908. The number of carbonyl (C=O) groups excluding carboxylic acids is 1. The number of halogens is 1. The fraction of sp³-hybridized carbons (Fsp3) is 0.438. The monoisotopic (exact) mass is 323 g/mol. The fourth-order valence-electron chi connectivity index (χ4n) is 2.86. The van der Waals surface area contributed by atoms with Gasteiger partial charge < -0.3 is 19.9 Å². The van der Waals surface area contributed by atoms with Crippen LogP contribution in [0.3, 0.4) is 0 Å². The highest BCUT2D eigenvalue weighted by Gasteiger charge is 2.21. The van der Waals surface area contributed by atoms with E-state index >= 15 is 0 Å². The summed E-state index contributed by atoms with van der Waals surface area (Å²) in [5.41, 5.74) is 2.06. The minimum absolute atomic E-state index is 0. The molecule has 3 rings (SSSR count). The normalized spacial score (nSPS) is 18.1. The molecule has 0 radical (unpaired) electrons. The molecule has 2 aromatic rings. The van der Waals surface area contributed by atoms with Crippen molar-refractivity contribution in [2.75, 3.05) is 26.7 Å². The third kappa shape index (κ3) is 3.36. The van der Waals surface area contributed by atoms with Gasteiger partial charge in [-0.3, -0.25) is 4.79 Å². The molecule has 1 aromatic carbocycles. The molecule has 1 atom stereocenters. The predicted octanol–water partition coefficient (Wildman–Crippen LogP) is 1.96. The second kappa shape index (κ2) is 7.03. The van der Waals surface area contributed by atoms with E-state index in [9.17, 15) is 4.79 Å². The lowest BCUT2D eigenvalue weighted by atomic mass is 10.1. The van der Waals surface area contributed by atoms with Crippen molar-refractivity contribution in [2.45, 2.75) is 19.4 Å². The minimum Gasteiger partial charge on any atom is -0.497 e. The van der Waals surface area contributed by atoms with Gasteiger partial charge in [-0.25, -0.2) is 0 Å². The Balaban J connectivity index is 0.00000176. The summed E-state index contributed by atoms with van der Waals surface area (Å²) in [7, 11) is 1.65. The van der Waals surface area contributed by atoms with Crippen LogP contribution < -0.4 is 10.1 Å². The number of piperazine rings is 1. The Kier molecular flexibility index (Phi) is 5.32. The molecule has 0 bridgehead atoms. The smallest absolute Gasteiger partial charge is 0.227 e. The third-order valence-electron chi connectivity index (χ3n) is 4.04. The zero-order chi connectivity index (χ0) is 14.8. The van der Waals surface area contributed by atoms with Crippen LogP contribution in [0.15, 0.2) is 24.4 Å². The zero-order valence-corrected chi connectivity index (χ0v) is 13.7. The number of ether oxygens (including phenoxy) is 1. The first-order valence-electron chi connectivity index (χ1n) is 7.32. The molecule has 1 saturated heterocycles. The molecule has 1 aliphatic heterocycles. The number of nitrogens with zero attached hydrogens (tertiary/aromatic N) is 1. The minimum atomic E-state index is 0. The van der Waals surface area contributed by atoms with Crippen LogP contribution in [0.25, 0.3) is 10.9 Å². The second-order valence-electron chi connectivity index (χ2n) is 5.60. The van der Waals surface area contributed by atoms with E-state index in [0.29, 0.717) is 12.5 Å². The van der Waals surface area contributed by atoms with Crippen LogP contribution in [0.4, 0.5) is 0 Å². The van der Waals surface area contributed by atoms with E-state index in [2.05, 4.69) is 17.2 Å². The lowest BCUT2D eigenvalue weighted by Crippen LogP contribution is -2.51. The highest BCUT2D eigenvalue weighted by atomic mass is 35.5. The van der Waals surface area contributed by atoms with E-state index in [1.807, 2.05) is 29.3 Å². The molecule has 120 valence electrons. The Morgan fingerprint density at radius 1 is 1.45 bits per heavy atom. The molecule has 22 heavy (non-hydrogen) atoms. The van der Waals surface area contributed by atoms with Gasteiger partial charge in [-0.15, -0.1) is 12.4 Å². The number of aromatic nitrogens is 1. The van der Waals surface area contributed by atoms with Crippen LogP contribution in [0, 0.1) is 0 Å². The molecule has 2 N–H and O–H groups in total. The number of benzene rings is 1. The van der Waals surface area contributed by atoms with Gasteiger partial charge in [-0.2, -0.15) is 0 Å². The number of carbonyl (C=O) groups is 1. The Morgan fingerprint density at radius 3 is 3.00 bits per heavy atom. The summed E-state index contributed by atoms with van der Waals surface area (Å²) in [6.07, 6.45) is 2.35. The summed E-state index contributed by atoms with van der Waals surface area (Å²) in [5, 5.41) is 4.41. The molecule has 1 aliphatic rings. The molecule has 6 heteroatoms. The number of aromatic amines is 1. The van der Waals surface area contributed by atoms with E-state index in [0.717, 1.165) is 41.9 Å². The van der Waals surface area contributed by atoms with Crippen molar-refractivity contribution >= 4 is 29.2 Å². The van der Waals surface area contributed by atoms with Crippen LogP contribution in [0.5, 0.6) is 5.75 Å². The van der Waals surface area contributed by atoms with Crippen LogP contribution in [-0.4, -0.2) is 48.6 Å². The number of nitrogens with one attached hydrogen (secondary N) is 2. The topological polar surface area (TPSA) is 57.4 Å². The summed E-state index contributed by atoms with van der Waals surface area (Å²) in [4.78, 5) is 17.6. The summed E-state index contributed by atoms with van der Waals surface area (Å²) in [6, 6.07) is 6.25. The van der Waals surface area contributed by atoms with Crippen molar-refractivity contribution in [3.05, 3.63) is 30.0 Å². The maximum Gasteiger partial charge on any atom is 0.227 e. The first-order valence-corrected chi connectivity index (χ1v) is 7.32. The van der Waals surface area contributed by atoms with Gasteiger partial charge in [0.1, 0.15) is 5.75 Å². The third-order valence-corrected chi connectivity index (χ3v) is 4.04. The lowest BCUT2D eigenvalue weighted by Gasteiger charge is -2.32. The number of hydrogen-bond acceptors (Lipinski definition) is 3. The Bertz CT molecular complexity index is 656. The molecule has 1 aromatic heterocycles. The van der Waals surface area contributed by atoms with Crippen molar-refractivity contribution in [2.24, 2.45) is 0 Å². The van der Waals surface area contributed by atoms with Gasteiger partial charge in [0.2, 0.25) is 5.91 Å². The van der Waals surface area contributed by atoms with Crippen LogP contribution in [0.1, 0.15) is 12.5 Å². The molecular formula is C16H22ClN3O2. The molecule has 0 spiro atoms. The van der Waals surface area contributed by atoms with E-state index in [1.54, 1.807) is 7.11 Å². The fourth-order valence-corrected chi connectivity index (χ4v) is 2.86. The molecule has 5 nitrogen and oxygen atoms in total. The maximum absolute atomic E-state index is 12.5. The van der Waals surface area contributed by atoms with E-state index in [4.69, 9.17) is 4.74 Å². The van der Waals surface area contributed by atoms with E-state index in [-0.39, 0.29) is 18.3 Å². The van der Waals surface area contributed by atoms with Gasteiger partial charge in [0.05, 0.1) is 13.5 Å². The number of H-pyrrole nitrogens is 1. The number of methoxy groups -OCH3 is 1. The highest BCUT2D eigenvalue weighted by Crippen LogP contribution is 2.24. The Morgan fingerprint density at radius 2 is 2.27 bits per heavy atom. The molecular weight excluding hydrogens is 302 g/mol. The summed E-state index contributed by atoms with van der Waals surface area (Å²) in [5.74, 6) is 0.999. The largest absolute Gasteiger partial charge is 0.497 e. The van der Waals surface area contributed by atoms with Crippen LogP contribution in [-0.2, 0) is 11.2 Å². The Hall–Kier alpha value is -1.72. The van der Waals surface area contributed by atoms with Crippen molar-refractivity contribution in [3.8, 4) is 5.75 Å². The van der Waals surface area contributed by atoms with Crippen molar-refractivity contribution < 1.29 is 9.53 Å². The standard InChI is InChI=1S/C16H21N3O2.ClH/c1-11-10-19(6-5-17-11)16(20)7-12-9-18-15-4-3-13(21-2)8-14(12)15;/h3-4,8-9,11,17-18H,5-7,10H2,1-2H3;1H/t11-;/m1./s1.